The summed E-state index contributed by atoms with van der Waals surface area (Å²) in [5.74, 6) is -0.507. The summed E-state index contributed by atoms with van der Waals surface area (Å²) in [5.41, 5.74) is 1.45. The number of alkyl halides is 3. The Morgan fingerprint density at radius 2 is 2.00 bits per heavy atom. The number of ether oxygens (including phenoxy) is 1. The number of benzene rings is 1. The number of hydrogen-bond acceptors (Lipinski definition) is 4. The molecule has 24 heavy (non-hydrogen) atoms. The Bertz CT molecular complexity index is 686. The SMILES string of the molecule is O=C1NCCN(Cc2ccn[nH]2)[C@H]1c1ccc(OC(F)(F)F)cc1. The lowest BCUT2D eigenvalue weighted by Crippen LogP contribution is -2.49. The molecule has 1 fully saturated rings. The summed E-state index contributed by atoms with van der Waals surface area (Å²) in [7, 11) is 0. The molecule has 6 nitrogen and oxygen atoms in total. The maximum Gasteiger partial charge on any atom is 0.573 e. The van der Waals surface area contributed by atoms with E-state index in [0.717, 1.165) is 5.69 Å². The summed E-state index contributed by atoms with van der Waals surface area (Å²) >= 11 is 0. The lowest BCUT2D eigenvalue weighted by atomic mass is 10.0. The Hall–Kier alpha value is -2.55. The predicted molar refractivity (Wildman–Crippen MR) is 77.9 cm³/mol. The van der Waals surface area contributed by atoms with E-state index in [9.17, 15) is 18.0 Å². The third-order valence-corrected chi connectivity index (χ3v) is 3.67. The number of nitrogens with zero attached hydrogens (tertiary/aromatic N) is 2. The number of carbonyl (C=O) groups is 1. The minimum atomic E-state index is -4.74. The van der Waals surface area contributed by atoms with E-state index in [2.05, 4.69) is 20.3 Å². The van der Waals surface area contributed by atoms with E-state index < -0.39 is 12.4 Å². The molecule has 2 aromatic rings. The predicted octanol–water partition coefficient (Wildman–Crippen LogP) is 1.98. The summed E-state index contributed by atoms with van der Waals surface area (Å²) in [6.45, 7) is 1.62. The van der Waals surface area contributed by atoms with Crippen molar-refractivity contribution in [3.8, 4) is 5.75 Å². The van der Waals surface area contributed by atoms with Crippen LogP contribution < -0.4 is 10.1 Å². The number of piperazine rings is 1. The molecule has 0 bridgehead atoms. The van der Waals surface area contributed by atoms with Crippen molar-refractivity contribution in [2.24, 2.45) is 0 Å². The molecule has 1 aliphatic heterocycles. The van der Waals surface area contributed by atoms with Crippen LogP contribution in [0, 0.1) is 0 Å². The van der Waals surface area contributed by atoms with Gasteiger partial charge in [0.2, 0.25) is 5.91 Å². The van der Waals surface area contributed by atoms with Crippen LogP contribution in [-0.2, 0) is 11.3 Å². The molecule has 9 heteroatoms. The van der Waals surface area contributed by atoms with Crippen molar-refractivity contribution >= 4 is 5.91 Å². The fourth-order valence-corrected chi connectivity index (χ4v) is 2.69. The van der Waals surface area contributed by atoms with E-state index in [0.29, 0.717) is 25.2 Å². The molecule has 1 amide bonds. The molecule has 1 atom stereocenters. The molecule has 0 spiro atoms. The number of amides is 1. The van der Waals surface area contributed by atoms with Crippen LogP contribution in [0.2, 0.25) is 0 Å². The molecule has 1 saturated heterocycles. The molecule has 0 unspecified atom stereocenters. The van der Waals surface area contributed by atoms with Crippen molar-refractivity contribution in [3.63, 3.8) is 0 Å². The van der Waals surface area contributed by atoms with Crippen molar-refractivity contribution in [1.29, 1.82) is 0 Å². The molecule has 0 aliphatic carbocycles. The highest BCUT2D eigenvalue weighted by Crippen LogP contribution is 2.28. The zero-order valence-corrected chi connectivity index (χ0v) is 12.5. The molecule has 0 radical (unpaired) electrons. The molecule has 2 heterocycles. The van der Waals surface area contributed by atoms with Crippen LogP contribution in [0.15, 0.2) is 36.5 Å². The highest BCUT2D eigenvalue weighted by Gasteiger charge is 2.33. The van der Waals surface area contributed by atoms with Gasteiger partial charge in [0, 0.05) is 31.5 Å². The summed E-state index contributed by atoms with van der Waals surface area (Å²) in [5, 5.41) is 9.49. The highest BCUT2D eigenvalue weighted by molar-refractivity contribution is 5.83. The molecule has 1 aromatic heterocycles. The number of rotatable bonds is 4. The molecule has 0 saturated carbocycles. The zero-order chi connectivity index (χ0) is 17.2. The van der Waals surface area contributed by atoms with E-state index in [1.165, 1.54) is 24.3 Å². The van der Waals surface area contributed by atoms with Gasteiger partial charge >= 0.3 is 6.36 Å². The maximum absolute atomic E-state index is 12.3. The van der Waals surface area contributed by atoms with Gasteiger partial charge < -0.3 is 10.1 Å². The number of nitrogens with one attached hydrogen (secondary N) is 2. The van der Waals surface area contributed by atoms with Gasteiger partial charge in [-0.15, -0.1) is 13.2 Å². The Kier molecular flexibility index (Phi) is 4.43. The normalized spacial score (nSPS) is 19.1. The maximum atomic E-state index is 12.3. The molecule has 128 valence electrons. The van der Waals surface area contributed by atoms with Gasteiger partial charge in [0.1, 0.15) is 11.8 Å². The Labute approximate surface area is 135 Å². The van der Waals surface area contributed by atoms with Crippen LogP contribution in [0.3, 0.4) is 0 Å². The van der Waals surface area contributed by atoms with Gasteiger partial charge in [-0.1, -0.05) is 12.1 Å². The first-order valence-electron chi connectivity index (χ1n) is 7.28. The van der Waals surface area contributed by atoms with Gasteiger partial charge in [-0.25, -0.2) is 0 Å². The average Bonchev–Trinajstić information content (AvgIpc) is 3.00. The Morgan fingerprint density at radius 1 is 1.25 bits per heavy atom. The van der Waals surface area contributed by atoms with E-state index in [-0.39, 0.29) is 11.7 Å². The monoisotopic (exact) mass is 340 g/mol. The molecular formula is C15H15F3N4O2. The smallest absolute Gasteiger partial charge is 0.406 e. The number of aromatic nitrogens is 2. The van der Waals surface area contributed by atoms with Crippen LogP contribution in [-0.4, -0.2) is 40.5 Å². The average molecular weight is 340 g/mol. The summed E-state index contributed by atoms with van der Waals surface area (Å²) in [4.78, 5) is 14.2. The molecular weight excluding hydrogens is 325 g/mol. The highest BCUT2D eigenvalue weighted by atomic mass is 19.4. The second-order valence-electron chi connectivity index (χ2n) is 5.36. The van der Waals surface area contributed by atoms with Crippen LogP contribution in [0.25, 0.3) is 0 Å². The fourth-order valence-electron chi connectivity index (χ4n) is 2.69. The number of H-pyrrole nitrogens is 1. The molecule has 1 aromatic carbocycles. The summed E-state index contributed by atoms with van der Waals surface area (Å²) < 4.78 is 40.5. The third-order valence-electron chi connectivity index (χ3n) is 3.67. The van der Waals surface area contributed by atoms with E-state index in [1.807, 2.05) is 11.0 Å². The van der Waals surface area contributed by atoms with Gasteiger partial charge in [0.05, 0.1) is 0 Å². The molecule has 1 aliphatic rings. The van der Waals surface area contributed by atoms with E-state index in [1.54, 1.807) is 6.20 Å². The van der Waals surface area contributed by atoms with Crippen LogP contribution in [0.5, 0.6) is 5.75 Å². The quantitative estimate of drug-likeness (QED) is 0.893. The van der Waals surface area contributed by atoms with Crippen molar-refractivity contribution in [1.82, 2.24) is 20.4 Å². The van der Waals surface area contributed by atoms with E-state index >= 15 is 0 Å². The first-order chi connectivity index (χ1) is 11.4. The first kappa shape index (κ1) is 16.3. The lowest BCUT2D eigenvalue weighted by molar-refractivity contribution is -0.274. The minimum absolute atomic E-state index is 0.190. The van der Waals surface area contributed by atoms with Gasteiger partial charge in [0.25, 0.3) is 0 Å². The molecule has 2 N–H and O–H groups in total. The minimum Gasteiger partial charge on any atom is -0.406 e. The standard InChI is InChI=1S/C15H15F3N4O2/c16-15(17,18)24-12-3-1-10(2-4-12)13-14(23)19-7-8-22(13)9-11-5-6-20-21-11/h1-6,13H,7-9H2,(H,19,23)(H,20,21)/t13-/m0/s1. The van der Waals surface area contributed by atoms with Crippen LogP contribution in [0.4, 0.5) is 13.2 Å². The topological polar surface area (TPSA) is 70.2 Å². The second kappa shape index (κ2) is 6.52. The third kappa shape index (κ3) is 3.85. The summed E-state index contributed by atoms with van der Waals surface area (Å²) in [6.07, 6.45) is -3.12. The van der Waals surface area contributed by atoms with E-state index in [4.69, 9.17) is 0 Å². The largest absolute Gasteiger partial charge is 0.573 e. The fraction of sp³-hybridized carbons (Fsp3) is 0.333. The van der Waals surface area contributed by atoms with Gasteiger partial charge in [-0.05, 0) is 23.8 Å². The zero-order valence-electron chi connectivity index (χ0n) is 12.5. The van der Waals surface area contributed by atoms with Gasteiger partial charge in [-0.3, -0.25) is 14.8 Å². The van der Waals surface area contributed by atoms with Crippen LogP contribution >= 0.6 is 0 Å². The number of hydrogen-bond donors (Lipinski definition) is 2. The first-order valence-corrected chi connectivity index (χ1v) is 7.28. The Morgan fingerprint density at radius 3 is 2.62 bits per heavy atom. The van der Waals surface area contributed by atoms with Crippen molar-refractivity contribution in [3.05, 3.63) is 47.8 Å². The summed E-state index contributed by atoms with van der Waals surface area (Å²) in [6, 6.07) is 6.58. The second-order valence-corrected chi connectivity index (χ2v) is 5.36. The Balaban J connectivity index is 1.79. The van der Waals surface area contributed by atoms with Crippen LogP contribution in [0.1, 0.15) is 17.3 Å². The van der Waals surface area contributed by atoms with Gasteiger partial charge in [-0.2, -0.15) is 5.10 Å². The van der Waals surface area contributed by atoms with Crippen molar-refractivity contribution < 1.29 is 22.7 Å². The lowest BCUT2D eigenvalue weighted by Gasteiger charge is -2.34. The van der Waals surface area contributed by atoms with Crippen molar-refractivity contribution in [2.45, 2.75) is 18.9 Å². The molecule has 3 rings (SSSR count). The number of carbonyl (C=O) groups excluding carboxylic acids is 1. The van der Waals surface area contributed by atoms with Gasteiger partial charge in [0.15, 0.2) is 0 Å². The number of halogens is 3. The van der Waals surface area contributed by atoms with Crippen molar-refractivity contribution in [2.75, 3.05) is 13.1 Å². The number of aromatic amines is 1.